The van der Waals surface area contributed by atoms with Crippen molar-refractivity contribution in [2.45, 2.75) is 33.4 Å². The molecule has 0 fully saturated rings. The van der Waals surface area contributed by atoms with Gasteiger partial charge >= 0.3 is 0 Å². The molecule has 23 nitrogen and oxygen atoms in total. The van der Waals surface area contributed by atoms with E-state index in [-0.39, 0.29) is 75.3 Å². The van der Waals surface area contributed by atoms with Crippen LogP contribution >= 0.6 is 0 Å². The molecule has 0 amide bonds. The van der Waals surface area contributed by atoms with Crippen molar-refractivity contribution in [2.75, 3.05) is 29.1 Å². The number of nitrogens with zero attached hydrogens (tertiary/aromatic N) is 7. The van der Waals surface area contributed by atoms with Crippen molar-refractivity contribution < 1.29 is 57.0 Å². The topological polar surface area (TPSA) is 362 Å². The van der Waals surface area contributed by atoms with Gasteiger partial charge in [-0.1, -0.05) is 30.3 Å². The highest BCUT2D eigenvalue weighted by Crippen LogP contribution is 2.37. The van der Waals surface area contributed by atoms with Crippen molar-refractivity contribution in [3.8, 4) is 0 Å². The standard InChI is InChI=1S/C39H34N10O13S4/c1-21-17-23(46-48-25-19-29-26(35(20-25)65(57,58)59)5-3-8-34(29)64(54,55)56)9-12-30(21)41-38-43-37(40-15-16-50)44-39(45-38)42-31-13-10-24(18-22(31)2)47-49-32-14-11-27-28(36(32)66(60,61)62)6-4-7-33(27)63(51,52)53/h3-14,17-20,50H,15-16H2,1-2H3,(H,51,52,53)(H,54,55,56)(H,57,58,59)(H,60,61,62)(H3,40,41,42,43,44,45). The molecule has 27 heteroatoms. The molecule has 1 heterocycles. The van der Waals surface area contributed by atoms with Crippen LogP contribution < -0.4 is 16.0 Å². The van der Waals surface area contributed by atoms with E-state index in [1.54, 1.807) is 44.2 Å². The number of aliphatic hydroxyl groups excluding tert-OH is 1. The number of aryl methyl sites for hydroxylation is 2. The van der Waals surface area contributed by atoms with E-state index in [4.69, 9.17) is 0 Å². The number of azo groups is 2. The Hall–Kier alpha value is -6.95. The zero-order valence-corrected chi connectivity index (χ0v) is 37.2. The summed E-state index contributed by atoms with van der Waals surface area (Å²) in [7, 11) is -19.4. The second kappa shape index (κ2) is 18.1. The van der Waals surface area contributed by atoms with E-state index >= 15 is 0 Å². The third-order valence-electron chi connectivity index (χ3n) is 9.44. The highest BCUT2D eigenvalue weighted by molar-refractivity contribution is 7.87. The number of fused-ring (bicyclic) bond motifs is 2. The molecule has 1 aromatic heterocycles. The van der Waals surface area contributed by atoms with Crippen molar-refractivity contribution in [3.05, 3.63) is 108 Å². The van der Waals surface area contributed by atoms with Gasteiger partial charge in [0.2, 0.25) is 17.8 Å². The fourth-order valence-electron chi connectivity index (χ4n) is 6.57. The van der Waals surface area contributed by atoms with Gasteiger partial charge in [-0.05, 0) is 91.7 Å². The van der Waals surface area contributed by atoms with Gasteiger partial charge in [0.1, 0.15) is 25.3 Å². The Morgan fingerprint density at radius 2 is 0.970 bits per heavy atom. The minimum atomic E-state index is -4.97. The number of nitrogens with one attached hydrogen (secondary N) is 3. The molecule has 0 radical (unpaired) electrons. The van der Waals surface area contributed by atoms with Crippen LogP contribution in [0.4, 0.5) is 52.0 Å². The Kier molecular flexibility index (Phi) is 12.9. The van der Waals surface area contributed by atoms with Crippen molar-refractivity contribution in [1.29, 1.82) is 0 Å². The second-order valence-corrected chi connectivity index (χ2v) is 19.6. The van der Waals surface area contributed by atoms with Crippen LogP contribution in [0.25, 0.3) is 21.5 Å². The highest BCUT2D eigenvalue weighted by atomic mass is 32.2. The van der Waals surface area contributed by atoms with E-state index in [1.165, 1.54) is 42.5 Å². The van der Waals surface area contributed by atoms with E-state index in [9.17, 15) is 57.0 Å². The summed E-state index contributed by atoms with van der Waals surface area (Å²) in [5.74, 6) is 0.204. The summed E-state index contributed by atoms with van der Waals surface area (Å²) in [6.07, 6.45) is 0. The molecule has 0 saturated heterocycles. The first-order chi connectivity index (χ1) is 31.0. The van der Waals surface area contributed by atoms with E-state index < -0.39 is 60.1 Å². The van der Waals surface area contributed by atoms with Gasteiger partial charge in [-0.25, -0.2) is 0 Å². The first kappa shape index (κ1) is 47.0. The number of anilines is 5. The smallest absolute Gasteiger partial charge is 0.297 e. The maximum Gasteiger partial charge on any atom is 0.297 e. The van der Waals surface area contributed by atoms with Crippen molar-refractivity contribution in [3.63, 3.8) is 0 Å². The van der Waals surface area contributed by atoms with Crippen LogP contribution in [0.3, 0.4) is 0 Å². The van der Waals surface area contributed by atoms with Gasteiger partial charge in [0.05, 0.1) is 23.7 Å². The highest BCUT2D eigenvalue weighted by Gasteiger charge is 2.24. The Bertz CT molecular complexity index is 3630. The minimum Gasteiger partial charge on any atom is -0.395 e. The van der Waals surface area contributed by atoms with Crippen LogP contribution in [0, 0.1) is 13.8 Å². The van der Waals surface area contributed by atoms with Crippen LogP contribution in [-0.2, 0) is 40.5 Å². The van der Waals surface area contributed by atoms with Crippen LogP contribution in [0.15, 0.2) is 137 Å². The zero-order chi connectivity index (χ0) is 47.8. The lowest BCUT2D eigenvalue weighted by atomic mass is 10.1. The van der Waals surface area contributed by atoms with E-state index in [0.29, 0.717) is 22.5 Å². The Balaban J connectivity index is 1.13. The first-order valence-corrected chi connectivity index (χ1v) is 24.5. The summed E-state index contributed by atoms with van der Waals surface area (Å²) in [5, 5.41) is 34.1. The lowest BCUT2D eigenvalue weighted by Gasteiger charge is -2.13. The van der Waals surface area contributed by atoms with Crippen molar-refractivity contribution in [1.82, 2.24) is 15.0 Å². The lowest BCUT2D eigenvalue weighted by Crippen LogP contribution is -2.12. The van der Waals surface area contributed by atoms with Crippen LogP contribution in [0.2, 0.25) is 0 Å². The van der Waals surface area contributed by atoms with Gasteiger partial charge < -0.3 is 21.1 Å². The summed E-state index contributed by atoms with van der Waals surface area (Å²) in [6.45, 7) is 3.30. The van der Waals surface area contributed by atoms with Gasteiger partial charge in [0.25, 0.3) is 40.5 Å². The molecule has 66 heavy (non-hydrogen) atoms. The molecule has 7 rings (SSSR count). The van der Waals surface area contributed by atoms with Crippen LogP contribution in [0.1, 0.15) is 11.1 Å². The van der Waals surface area contributed by atoms with Crippen LogP contribution in [0.5, 0.6) is 0 Å². The maximum atomic E-state index is 12.5. The third-order valence-corrected chi connectivity index (χ3v) is 13.1. The molecule has 8 N–H and O–H groups in total. The Labute approximate surface area is 375 Å². The van der Waals surface area contributed by atoms with Crippen molar-refractivity contribution >= 4 is 114 Å². The Morgan fingerprint density at radius 3 is 1.48 bits per heavy atom. The lowest BCUT2D eigenvalue weighted by molar-refractivity contribution is 0.310. The Morgan fingerprint density at radius 1 is 0.485 bits per heavy atom. The molecule has 0 aliphatic carbocycles. The fraction of sp³-hybridized carbons (Fsp3) is 0.103. The quantitative estimate of drug-likeness (QED) is 0.0364. The zero-order valence-electron chi connectivity index (χ0n) is 33.9. The SMILES string of the molecule is Cc1cc(N=Nc2cc(S(=O)(=O)O)c3cccc(S(=O)(=O)O)c3c2)ccc1Nc1nc(NCCO)nc(Nc2ccc(N=Nc3ccc4c(S(=O)(=O)O)cccc4c3S(=O)(=O)O)cc2C)n1. The summed E-state index contributed by atoms with van der Waals surface area (Å²) in [4.78, 5) is 10.7. The average Bonchev–Trinajstić information content (AvgIpc) is 3.23. The predicted molar refractivity (Wildman–Crippen MR) is 240 cm³/mol. The number of aromatic nitrogens is 3. The number of benzene rings is 6. The second-order valence-electron chi connectivity index (χ2n) is 14.1. The molecule has 7 aromatic rings. The van der Waals surface area contributed by atoms with Gasteiger partial charge in [0.15, 0.2) is 0 Å². The summed E-state index contributed by atoms with van der Waals surface area (Å²) < 4.78 is 137. The van der Waals surface area contributed by atoms with Gasteiger partial charge in [0, 0.05) is 39.5 Å². The van der Waals surface area contributed by atoms with Gasteiger partial charge in [-0.3, -0.25) is 18.2 Å². The monoisotopic (exact) mass is 978 g/mol. The van der Waals surface area contributed by atoms with Crippen LogP contribution in [-0.4, -0.2) is 85.1 Å². The molecular weight excluding hydrogens is 945 g/mol. The number of hydrogen-bond donors (Lipinski definition) is 8. The van der Waals surface area contributed by atoms with Crippen molar-refractivity contribution in [2.24, 2.45) is 20.5 Å². The molecule has 0 saturated carbocycles. The van der Waals surface area contributed by atoms with E-state index in [2.05, 4.69) is 51.4 Å². The van der Waals surface area contributed by atoms with Gasteiger partial charge in [-0.2, -0.15) is 64.0 Å². The molecule has 0 bridgehead atoms. The molecule has 0 spiro atoms. The van der Waals surface area contributed by atoms with E-state index in [1.807, 2.05) is 0 Å². The first-order valence-electron chi connectivity index (χ1n) is 18.7. The maximum absolute atomic E-state index is 12.5. The molecule has 0 aliphatic heterocycles. The molecule has 6 aromatic carbocycles. The van der Waals surface area contributed by atoms with Gasteiger partial charge in [-0.15, -0.1) is 5.11 Å². The molecule has 0 unspecified atom stereocenters. The number of rotatable bonds is 15. The average molecular weight is 979 g/mol. The molecule has 0 atom stereocenters. The number of aliphatic hydroxyl groups is 1. The molecular formula is C39H34N10O13S4. The predicted octanol–water partition coefficient (Wildman–Crippen LogP) is 7.50. The summed E-state index contributed by atoms with van der Waals surface area (Å²) >= 11 is 0. The van der Waals surface area contributed by atoms with E-state index in [0.717, 1.165) is 24.3 Å². The summed E-state index contributed by atoms with van der Waals surface area (Å²) in [6, 6.07) is 21.1. The summed E-state index contributed by atoms with van der Waals surface area (Å²) in [5.41, 5.74) is 2.27. The normalized spacial score (nSPS) is 12.7. The minimum absolute atomic E-state index is 0.0588. The molecule has 342 valence electrons. The molecule has 0 aliphatic rings. The largest absolute Gasteiger partial charge is 0.395 e. The third kappa shape index (κ3) is 10.6. The fourth-order valence-corrected chi connectivity index (χ4v) is 9.53. The number of hydrogen-bond acceptors (Lipinski definition) is 19.